The highest BCUT2D eigenvalue weighted by Gasteiger charge is 2.20. The van der Waals surface area contributed by atoms with Crippen LogP contribution in [-0.4, -0.2) is 24.2 Å². The number of allylic oxidation sites excluding steroid dienone is 1. The fraction of sp³-hybridized carbons (Fsp3) is 0.222. The van der Waals surface area contributed by atoms with Crippen molar-refractivity contribution in [3.8, 4) is 0 Å². The Hall–Kier alpha value is -2.25. The van der Waals surface area contributed by atoms with Crippen LogP contribution in [0.2, 0.25) is 0 Å². The third kappa shape index (κ3) is 4.43. The van der Waals surface area contributed by atoms with E-state index in [4.69, 9.17) is 4.74 Å². The maximum Gasteiger partial charge on any atom is 0.265 e. The summed E-state index contributed by atoms with van der Waals surface area (Å²) in [6, 6.07) is 10.9. The molecule has 0 aliphatic carbocycles. The molecule has 0 spiro atoms. The van der Waals surface area contributed by atoms with Crippen LogP contribution in [0, 0.1) is 0 Å². The number of anilines is 1. The normalized spacial score (nSPS) is 14.0. The molecule has 0 atom stereocenters. The van der Waals surface area contributed by atoms with E-state index in [0.717, 1.165) is 10.6 Å². The fourth-order valence-corrected chi connectivity index (χ4v) is 3.84. The molecule has 2 N–H and O–H groups in total. The topological polar surface area (TPSA) is 67.4 Å². The van der Waals surface area contributed by atoms with Crippen LogP contribution in [-0.2, 0) is 16.1 Å². The molecule has 0 fully saturated rings. The molecule has 25 heavy (non-hydrogen) atoms. The molecule has 0 saturated carbocycles. The Morgan fingerprint density at radius 1 is 1.16 bits per heavy atom. The summed E-state index contributed by atoms with van der Waals surface area (Å²) in [4.78, 5) is 26.6. The molecule has 0 saturated heterocycles. The molecule has 0 bridgehead atoms. The fourth-order valence-electron chi connectivity index (χ4n) is 2.38. The lowest BCUT2D eigenvalue weighted by Crippen LogP contribution is -2.25. The molecule has 2 heterocycles. The van der Waals surface area contributed by atoms with Gasteiger partial charge in [0, 0.05) is 10.6 Å². The van der Waals surface area contributed by atoms with E-state index in [1.165, 1.54) is 11.8 Å². The molecule has 5 nitrogen and oxygen atoms in total. The molecular weight excluding hydrogens is 356 g/mol. The Bertz CT molecular complexity index is 800. The lowest BCUT2D eigenvalue weighted by Gasteiger charge is -2.18. The van der Waals surface area contributed by atoms with Gasteiger partial charge in [-0.2, -0.15) is 0 Å². The summed E-state index contributed by atoms with van der Waals surface area (Å²) in [7, 11) is 0. The zero-order valence-corrected chi connectivity index (χ0v) is 15.3. The van der Waals surface area contributed by atoms with Gasteiger partial charge in [-0.1, -0.05) is 18.2 Å². The predicted octanol–water partition coefficient (Wildman–Crippen LogP) is 3.61. The first kappa shape index (κ1) is 17.6. The van der Waals surface area contributed by atoms with E-state index in [-0.39, 0.29) is 11.8 Å². The lowest BCUT2D eigenvalue weighted by atomic mass is 10.1. The monoisotopic (exact) mass is 374 g/mol. The number of rotatable bonds is 5. The number of hydrogen-bond acceptors (Lipinski definition) is 5. The molecule has 1 aromatic heterocycles. The molecule has 2 amide bonds. The number of carbonyl (C=O) groups excluding carboxylic acids is 2. The average Bonchev–Trinajstić information content (AvgIpc) is 3.14. The van der Waals surface area contributed by atoms with Crippen molar-refractivity contribution in [1.82, 2.24) is 5.32 Å². The van der Waals surface area contributed by atoms with Crippen LogP contribution >= 0.6 is 23.1 Å². The second kappa shape index (κ2) is 8.22. The van der Waals surface area contributed by atoms with E-state index in [2.05, 4.69) is 10.6 Å². The van der Waals surface area contributed by atoms with E-state index in [1.54, 1.807) is 42.5 Å². The number of carbonyl (C=O) groups is 2. The van der Waals surface area contributed by atoms with Crippen LogP contribution in [0.25, 0.3) is 0 Å². The van der Waals surface area contributed by atoms with Crippen molar-refractivity contribution < 1.29 is 14.3 Å². The molecule has 2 aromatic rings. The zero-order chi connectivity index (χ0) is 17.6. The first-order valence-electron chi connectivity index (χ1n) is 7.82. The van der Waals surface area contributed by atoms with Crippen molar-refractivity contribution in [2.75, 3.05) is 17.7 Å². The maximum atomic E-state index is 12.5. The Morgan fingerprint density at radius 2 is 2.00 bits per heavy atom. The van der Waals surface area contributed by atoms with Crippen LogP contribution in [0.1, 0.15) is 22.2 Å². The van der Waals surface area contributed by atoms with Gasteiger partial charge >= 0.3 is 0 Å². The van der Waals surface area contributed by atoms with E-state index in [9.17, 15) is 9.59 Å². The van der Waals surface area contributed by atoms with Gasteiger partial charge in [0.1, 0.15) is 10.7 Å². The van der Waals surface area contributed by atoms with Gasteiger partial charge in [-0.25, -0.2) is 0 Å². The van der Waals surface area contributed by atoms with Gasteiger partial charge in [0.25, 0.3) is 11.8 Å². The average molecular weight is 374 g/mol. The summed E-state index contributed by atoms with van der Waals surface area (Å²) in [5.74, 6) is 0.889. The van der Waals surface area contributed by atoms with Crippen molar-refractivity contribution in [3.63, 3.8) is 0 Å². The molecule has 130 valence electrons. The molecular formula is C18H18N2O3S2. The number of amides is 2. The van der Waals surface area contributed by atoms with Crippen LogP contribution in [0.3, 0.4) is 0 Å². The molecule has 7 heteroatoms. The van der Waals surface area contributed by atoms with Crippen molar-refractivity contribution >= 4 is 40.6 Å². The Kier molecular flexibility index (Phi) is 5.78. The van der Waals surface area contributed by atoms with Crippen molar-refractivity contribution in [1.29, 1.82) is 0 Å². The highest BCUT2D eigenvalue weighted by molar-refractivity contribution is 8.04. The van der Waals surface area contributed by atoms with Crippen LogP contribution < -0.4 is 10.6 Å². The third-order valence-corrected chi connectivity index (χ3v) is 5.61. The number of thiophene rings is 1. The van der Waals surface area contributed by atoms with Crippen molar-refractivity contribution in [2.24, 2.45) is 0 Å². The van der Waals surface area contributed by atoms with Crippen LogP contribution in [0.4, 0.5) is 5.69 Å². The quantitative estimate of drug-likeness (QED) is 0.839. The molecule has 0 radical (unpaired) electrons. The number of nitrogens with one attached hydrogen (secondary N) is 2. The van der Waals surface area contributed by atoms with Gasteiger partial charge in [0.15, 0.2) is 0 Å². The van der Waals surface area contributed by atoms with E-state index in [0.29, 0.717) is 35.1 Å². The van der Waals surface area contributed by atoms with Gasteiger partial charge in [-0.3, -0.25) is 9.59 Å². The zero-order valence-electron chi connectivity index (χ0n) is 13.7. The number of thioether (sulfide) groups is 1. The van der Waals surface area contributed by atoms with Crippen LogP contribution in [0.5, 0.6) is 0 Å². The summed E-state index contributed by atoms with van der Waals surface area (Å²) in [5.41, 5.74) is 0.926. The molecule has 1 aliphatic heterocycles. The Labute approximate surface area is 154 Å². The summed E-state index contributed by atoms with van der Waals surface area (Å²) < 4.78 is 5.43. The maximum absolute atomic E-state index is 12.5. The third-order valence-electron chi connectivity index (χ3n) is 3.60. The van der Waals surface area contributed by atoms with Gasteiger partial charge in [0.05, 0.1) is 24.4 Å². The van der Waals surface area contributed by atoms with Crippen molar-refractivity contribution in [2.45, 2.75) is 13.5 Å². The number of para-hydroxylation sites is 1. The van der Waals surface area contributed by atoms with Crippen molar-refractivity contribution in [3.05, 3.63) is 62.9 Å². The highest BCUT2D eigenvalue weighted by Crippen LogP contribution is 2.27. The SMILES string of the molecule is CC1=C(C(=O)Nc2ccccc2C(=O)NCc2cccs2)SCCO1. The minimum Gasteiger partial charge on any atom is -0.496 e. The van der Waals surface area contributed by atoms with E-state index < -0.39 is 0 Å². The second-order valence-corrected chi connectivity index (χ2v) is 7.48. The van der Waals surface area contributed by atoms with E-state index >= 15 is 0 Å². The number of ether oxygens (including phenoxy) is 1. The highest BCUT2D eigenvalue weighted by atomic mass is 32.2. The lowest BCUT2D eigenvalue weighted by molar-refractivity contribution is -0.112. The smallest absolute Gasteiger partial charge is 0.265 e. The van der Waals surface area contributed by atoms with Gasteiger partial charge < -0.3 is 15.4 Å². The largest absolute Gasteiger partial charge is 0.496 e. The first-order chi connectivity index (χ1) is 12.1. The van der Waals surface area contributed by atoms with Gasteiger partial charge in [-0.15, -0.1) is 23.1 Å². The van der Waals surface area contributed by atoms with Gasteiger partial charge in [-0.05, 0) is 30.5 Å². The predicted molar refractivity (Wildman–Crippen MR) is 102 cm³/mol. The minimum absolute atomic E-state index is 0.220. The molecule has 1 aliphatic rings. The Morgan fingerprint density at radius 3 is 2.76 bits per heavy atom. The first-order valence-corrected chi connectivity index (χ1v) is 9.69. The standard InChI is InChI=1S/C18H18N2O3S2/c1-12-16(25-10-8-23-12)18(22)20-15-7-3-2-6-14(15)17(21)19-11-13-5-4-9-24-13/h2-7,9H,8,10-11H2,1H3,(H,19,21)(H,20,22). The van der Waals surface area contributed by atoms with E-state index in [1.807, 2.05) is 17.5 Å². The Balaban J connectivity index is 1.72. The number of benzene rings is 1. The summed E-state index contributed by atoms with van der Waals surface area (Å²) in [6.07, 6.45) is 0. The molecule has 1 aromatic carbocycles. The van der Waals surface area contributed by atoms with Crippen LogP contribution in [0.15, 0.2) is 52.4 Å². The summed E-state index contributed by atoms with van der Waals surface area (Å²) in [6.45, 7) is 2.85. The summed E-state index contributed by atoms with van der Waals surface area (Å²) >= 11 is 3.05. The summed E-state index contributed by atoms with van der Waals surface area (Å²) in [5, 5.41) is 7.68. The van der Waals surface area contributed by atoms with Gasteiger partial charge in [0.2, 0.25) is 0 Å². The molecule has 3 rings (SSSR count). The number of hydrogen-bond donors (Lipinski definition) is 2. The molecule has 0 unspecified atom stereocenters. The second-order valence-electron chi connectivity index (χ2n) is 5.34. The minimum atomic E-state index is -0.249.